The molecule has 3 N–H and O–H groups in total. The minimum absolute atomic E-state index is 0.0447. The van der Waals surface area contributed by atoms with E-state index < -0.39 is 0 Å². The Kier molecular flexibility index (Phi) is 4.59. The van der Waals surface area contributed by atoms with Gasteiger partial charge in [-0.2, -0.15) is 0 Å². The molecular formula is C12H19NO2. The first-order valence-corrected chi connectivity index (χ1v) is 5.33. The third-order valence-corrected chi connectivity index (χ3v) is 2.60. The summed E-state index contributed by atoms with van der Waals surface area (Å²) in [5.74, 6) is 0.297. The maximum absolute atomic E-state index is 9.64. The van der Waals surface area contributed by atoms with Crippen LogP contribution in [-0.2, 0) is 0 Å². The zero-order valence-corrected chi connectivity index (χ0v) is 9.27. The van der Waals surface area contributed by atoms with Crippen LogP contribution < -0.4 is 5.32 Å². The lowest BCUT2D eigenvalue weighted by atomic mass is 10.1. The van der Waals surface area contributed by atoms with Crippen LogP contribution in [0.15, 0.2) is 24.3 Å². The Morgan fingerprint density at radius 3 is 2.53 bits per heavy atom. The zero-order chi connectivity index (χ0) is 11.3. The van der Waals surface area contributed by atoms with Gasteiger partial charge in [-0.05, 0) is 19.4 Å². The van der Waals surface area contributed by atoms with Crippen LogP contribution in [0.4, 0.5) is 0 Å². The Morgan fingerprint density at radius 1 is 1.33 bits per heavy atom. The molecule has 0 aliphatic carbocycles. The maximum Gasteiger partial charge on any atom is 0.120 e. The minimum atomic E-state index is 0.0447. The number of hydrogen-bond donors (Lipinski definition) is 3. The number of aliphatic hydroxyl groups excluding tert-OH is 1. The second-order valence-electron chi connectivity index (χ2n) is 3.73. The summed E-state index contributed by atoms with van der Waals surface area (Å²) >= 11 is 0. The highest BCUT2D eigenvalue weighted by Gasteiger charge is 2.13. The number of rotatable bonds is 5. The molecule has 0 fully saturated rings. The monoisotopic (exact) mass is 209 g/mol. The number of aromatic hydroxyl groups is 1. The first kappa shape index (κ1) is 12.0. The molecule has 0 spiro atoms. The van der Waals surface area contributed by atoms with Gasteiger partial charge in [0.2, 0.25) is 0 Å². The van der Waals surface area contributed by atoms with Crippen LogP contribution in [0.2, 0.25) is 0 Å². The van der Waals surface area contributed by atoms with Crippen LogP contribution in [0, 0.1) is 0 Å². The molecule has 84 valence electrons. The minimum Gasteiger partial charge on any atom is -0.508 e. The fourth-order valence-electron chi connectivity index (χ4n) is 1.60. The van der Waals surface area contributed by atoms with Crippen molar-refractivity contribution >= 4 is 0 Å². The molecule has 0 aliphatic rings. The molecule has 0 aromatic heterocycles. The fraction of sp³-hybridized carbons (Fsp3) is 0.500. The smallest absolute Gasteiger partial charge is 0.120 e. The van der Waals surface area contributed by atoms with Gasteiger partial charge in [0.1, 0.15) is 5.75 Å². The SMILES string of the molecule is CCC(CO)NC(C)c1ccccc1O. The van der Waals surface area contributed by atoms with Gasteiger partial charge in [0, 0.05) is 17.6 Å². The van der Waals surface area contributed by atoms with Crippen molar-refractivity contribution in [1.82, 2.24) is 5.32 Å². The van der Waals surface area contributed by atoms with Gasteiger partial charge in [-0.25, -0.2) is 0 Å². The topological polar surface area (TPSA) is 52.5 Å². The normalized spacial score (nSPS) is 14.9. The molecule has 1 aromatic carbocycles. The van der Waals surface area contributed by atoms with Gasteiger partial charge in [-0.3, -0.25) is 0 Å². The van der Waals surface area contributed by atoms with E-state index in [1.165, 1.54) is 0 Å². The van der Waals surface area contributed by atoms with Gasteiger partial charge in [0.05, 0.1) is 6.61 Å². The molecule has 0 saturated heterocycles. The second-order valence-corrected chi connectivity index (χ2v) is 3.73. The molecule has 1 rings (SSSR count). The summed E-state index contributed by atoms with van der Waals surface area (Å²) in [5.41, 5.74) is 0.865. The lowest BCUT2D eigenvalue weighted by Gasteiger charge is -2.21. The fourth-order valence-corrected chi connectivity index (χ4v) is 1.60. The molecule has 0 radical (unpaired) electrons. The van der Waals surface area contributed by atoms with Gasteiger partial charge >= 0.3 is 0 Å². The Hall–Kier alpha value is -1.06. The number of phenols is 1. The summed E-state index contributed by atoms with van der Waals surface area (Å²) in [7, 11) is 0. The molecular weight excluding hydrogens is 190 g/mol. The van der Waals surface area contributed by atoms with Crippen molar-refractivity contribution in [2.45, 2.75) is 32.4 Å². The van der Waals surface area contributed by atoms with Gasteiger partial charge in [0.25, 0.3) is 0 Å². The number of nitrogens with one attached hydrogen (secondary N) is 1. The van der Waals surface area contributed by atoms with E-state index in [1.54, 1.807) is 12.1 Å². The molecule has 0 saturated carbocycles. The first-order valence-electron chi connectivity index (χ1n) is 5.33. The summed E-state index contributed by atoms with van der Waals surface area (Å²) < 4.78 is 0. The number of para-hydroxylation sites is 1. The zero-order valence-electron chi connectivity index (χ0n) is 9.27. The number of hydrogen-bond acceptors (Lipinski definition) is 3. The average Bonchev–Trinajstić information content (AvgIpc) is 2.26. The lowest BCUT2D eigenvalue weighted by molar-refractivity contribution is 0.229. The van der Waals surface area contributed by atoms with Crippen LogP contribution in [0.1, 0.15) is 31.9 Å². The molecule has 2 atom stereocenters. The molecule has 1 aromatic rings. The largest absolute Gasteiger partial charge is 0.508 e. The van der Waals surface area contributed by atoms with Crippen molar-refractivity contribution in [3.05, 3.63) is 29.8 Å². The van der Waals surface area contributed by atoms with Crippen LogP contribution >= 0.6 is 0 Å². The van der Waals surface area contributed by atoms with E-state index in [9.17, 15) is 5.11 Å². The molecule has 3 nitrogen and oxygen atoms in total. The highest BCUT2D eigenvalue weighted by Crippen LogP contribution is 2.23. The molecule has 15 heavy (non-hydrogen) atoms. The lowest BCUT2D eigenvalue weighted by Crippen LogP contribution is -2.33. The predicted molar refractivity (Wildman–Crippen MR) is 60.8 cm³/mol. The van der Waals surface area contributed by atoms with Crippen molar-refractivity contribution in [1.29, 1.82) is 0 Å². The Bertz CT molecular complexity index is 297. The summed E-state index contributed by atoms with van der Waals surface area (Å²) in [6.07, 6.45) is 0.869. The summed E-state index contributed by atoms with van der Waals surface area (Å²) in [6.45, 7) is 4.12. The van der Waals surface area contributed by atoms with Gasteiger partial charge in [-0.15, -0.1) is 0 Å². The maximum atomic E-state index is 9.64. The molecule has 0 amide bonds. The quantitative estimate of drug-likeness (QED) is 0.693. The van der Waals surface area contributed by atoms with Crippen LogP contribution in [0.5, 0.6) is 5.75 Å². The number of phenolic OH excluding ortho intramolecular Hbond substituents is 1. The second kappa shape index (κ2) is 5.73. The Balaban J connectivity index is 2.68. The van der Waals surface area contributed by atoms with Crippen molar-refractivity contribution in [2.75, 3.05) is 6.61 Å². The van der Waals surface area contributed by atoms with E-state index in [1.807, 2.05) is 26.0 Å². The third kappa shape index (κ3) is 3.22. The summed E-state index contributed by atoms with van der Waals surface area (Å²) in [6, 6.07) is 7.38. The van der Waals surface area contributed by atoms with Crippen LogP contribution in [-0.4, -0.2) is 22.9 Å². The van der Waals surface area contributed by atoms with Gasteiger partial charge in [-0.1, -0.05) is 25.1 Å². The molecule has 0 bridgehead atoms. The predicted octanol–water partition coefficient (Wildman–Crippen LogP) is 1.81. The van der Waals surface area contributed by atoms with Gasteiger partial charge in [0.15, 0.2) is 0 Å². The van der Waals surface area contributed by atoms with Crippen LogP contribution in [0.25, 0.3) is 0 Å². The van der Waals surface area contributed by atoms with E-state index in [-0.39, 0.29) is 18.7 Å². The molecule has 0 aliphatic heterocycles. The van der Waals surface area contributed by atoms with Gasteiger partial charge < -0.3 is 15.5 Å². The summed E-state index contributed by atoms with van der Waals surface area (Å²) in [4.78, 5) is 0. The molecule has 3 heteroatoms. The van der Waals surface area contributed by atoms with Crippen molar-refractivity contribution < 1.29 is 10.2 Å². The summed E-state index contributed by atoms with van der Waals surface area (Å²) in [5, 5.41) is 22.0. The highest BCUT2D eigenvalue weighted by molar-refractivity contribution is 5.34. The standard InChI is InChI=1S/C12H19NO2/c1-3-10(8-14)13-9(2)11-6-4-5-7-12(11)15/h4-7,9-10,13-15H,3,8H2,1-2H3. The first-order chi connectivity index (χ1) is 7.19. The van der Waals surface area contributed by atoms with E-state index >= 15 is 0 Å². The Morgan fingerprint density at radius 2 is 2.00 bits per heavy atom. The van der Waals surface area contributed by atoms with E-state index in [4.69, 9.17) is 5.11 Å². The van der Waals surface area contributed by atoms with Crippen LogP contribution in [0.3, 0.4) is 0 Å². The van der Waals surface area contributed by atoms with E-state index in [0.717, 1.165) is 12.0 Å². The number of aliphatic hydroxyl groups is 1. The van der Waals surface area contributed by atoms with Crippen molar-refractivity contribution in [3.8, 4) is 5.75 Å². The van der Waals surface area contributed by atoms with E-state index in [2.05, 4.69) is 5.32 Å². The Labute approximate surface area is 90.8 Å². The average molecular weight is 209 g/mol. The number of benzene rings is 1. The molecule has 2 unspecified atom stereocenters. The van der Waals surface area contributed by atoms with Crippen molar-refractivity contribution in [2.24, 2.45) is 0 Å². The molecule has 0 heterocycles. The van der Waals surface area contributed by atoms with Crippen molar-refractivity contribution in [3.63, 3.8) is 0 Å². The third-order valence-electron chi connectivity index (χ3n) is 2.60. The van der Waals surface area contributed by atoms with E-state index in [0.29, 0.717) is 5.75 Å². The highest BCUT2D eigenvalue weighted by atomic mass is 16.3.